The number of benzene rings is 2. The highest BCUT2D eigenvalue weighted by molar-refractivity contribution is 6.35. The van der Waals surface area contributed by atoms with Crippen LogP contribution in [0.1, 0.15) is 0 Å². The van der Waals surface area contributed by atoms with Gasteiger partial charge in [0, 0.05) is 40.8 Å². The van der Waals surface area contributed by atoms with Crippen LogP contribution in [0.15, 0.2) is 42.5 Å². The molecule has 1 aromatic heterocycles. The number of nitrogens with two attached hydrogens (primary N) is 1. The second-order valence-corrected chi connectivity index (χ2v) is 6.22. The van der Waals surface area contributed by atoms with E-state index in [0.717, 1.165) is 27.7 Å². The van der Waals surface area contributed by atoms with Crippen LogP contribution in [0.25, 0.3) is 22.0 Å². The summed E-state index contributed by atoms with van der Waals surface area (Å²) in [7, 11) is 3.99. The van der Waals surface area contributed by atoms with Gasteiger partial charge in [-0.2, -0.15) is 0 Å². The summed E-state index contributed by atoms with van der Waals surface area (Å²) in [6.45, 7) is 0. The molecule has 0 bridgehead atoms. The fourth-order valence-corrected chi connectivity index (χ4v) is 2.92. The summed E-state index contributed by atoms with van der Waals surface area (Å²) in [5.41, 5.74) is 9.77. The number of nitrogens with zero attached hydrogens (tertiary/aromatic N) is 2. The topological polar surface area (TPSA) is 42.1 Å². The molecule has 0 saturated heterocycles. The van der Waals surface area contributed by atoms with Gasteiger partial charge in [0.15, 0.2) is 0 Å². The van der Waals surface area contributed by atoms with Crippen molar-refractivity contribution in [3.8, 4) is 11.1 Å². The molecular formula is C17H15Cl2N3. The van der Waals surface area contributed by atoms with Crippen LogP contribution < -0.4 is 10.6 Å². The van der Waals surface area contributed by atoms with E-state index in [4.69, 9.17) is 28.9 Å². The zero-order chi connectivity index (χ0) is 15.9. The van der Waals surface area contributed by atoms with Gasteiger partial charge in [-0.15, -0.1) is 0 Å². The predicted octanol–water partition coefficient (Wildman–Crippen LogP) is 4.86. The number of hydrogen-bond acceptors (Lipinski definition) is 3. The van der Waals surface area contributed by atoms with Gasteiger partial charge in [-0.1, -0.05) is 29.3 Å². The molecule has 5 heteroatoms. The minimum atomic E-state index is 0.460. The number of pyridine rings is 1. The van der Waals surface area contributed by atoms with E-state index in [0.29, 0.717) is 15.9 Å². The van der Waals surface area contributed by atoms with Crippen LogP contribution in [-0.4, -0.2) is 19.1 Å². The molecule has 0 aliphatic heterocycles. The van der Waals surface area contributed by atoms with Crippen LogP contribution in [0.3, 0.4) is 0 Å². The van der Waals surface area contributed by atoms with Crippen LogP contribution in [0.2, 0.25) is 10.0 Å². The first-order valence-corrected chi connectivity index (χ1v) is 7.54. The number of aromatic nitrogens is 1. The van der Waals surface area contributed by atoms with Gasteiger partial charge in [0.05, 0.1) is 5.52 Å². The molecule has 3 rings (SSSR count). The maximum Gasteiger partial charge on any atom is 0.132 e. The molecule has 0 spiro atoms. The third-order valence-corrected chi connectivity index (χ3v) is 3.96. The van der Waals surface area contributed by atoms with Gasteiger partial charge in [0.1, 0.15) is 5.82 Å². The Morgan fingerprint density at radius 1 is 0.955 bits per heavy atom. The van der Waals surface area contributed by atoms with Crippen molar-refractivity contribution in [3.05, 3.63) is 52.5 Å². The highest BCUT2D eigenvalue weighted by Crippen LogP contribution is 2.33. The number of anilines is 2. The highest BCUT2D eigenvalue weighted by atomic mass is 35.5. The Hall–Kier alpha value is -1.97. The van der Waals surface area contributed by atoms with Gasteiger partial charge in [0.2, 0.25) is 0 Å². The Bertz CT molecular complexity index is 840. The van der Waals surface area contributed by atoms with Crippen molar-refractivity contribution < 1.29 is 0 Å². The fourth-order valence-electron chi connectivity index (χ4n) is 2.39. The molecule has 0 radical (unpaired) electrons. The maximum atomic E-state index is 6.13. The first-order chi connectivity index (χ1) is 10.4. The van der Waals surface area contributed by atoms with Crippen molar-refractivity contribution in [1.29, 1.82) is 0 Å². The van der Waals surface area contributed by atoms with E-state index in [9.17, 15) is 0 Å². The first-order valence-electron chi connectivity index (χ1n) is 6.78. The first kappa shape index (κ1) is 14.9. The minimum absolute atomic E-state index is 0.460. The zero-order valence-electron chi connectivity index (χ0n) is 12.3. The van der Waals surface area contributed by atoms with E-state index in [1.807, 2.05) is 49.3 Å². The van der Waals surface area contributed by atoms with Crippen LogP contribution in [0, 0.1) is 0 Å². The summed E-state index contributed by atoms with van der Waals surface area (Å²) in [6, 6.07) is 13.5. The van der Waals surface area contributed by atoms with Gasteiger partial charge in [0.25, 0.3) is 0 Å². The molecule has 22 heavy (non-hydrogen) atoms. The second-order valence-electron chi connectivity index (χ2n) is 5.35. The summed E-state index contributed by atoms with van der Waals surface area (Å²) in [5.74, 6) is 0.460. The average molecular weight is 332 g/mol. The van der Waals surface area contributed by atoms with Crippen molar-refractivity contribution in [2.75, 3.05) is 24.7 Å². The van der Waals surface area contributed by atoms with Crippen LogP contribution in [0.4, 0.5) is 11.5 Å². The Kier molecular flexibility index (Phi) is 3.85. The molecule has 1 heterocycles. The smallest absolute Gasteiger partial charge is 0.132 e. The molecule has 0 atom stereocenters. The quantitative estimate of drug-likeness (QED) is 0.729. The Labute approximate surface area is 139 Å². The van der Waals surface area contributed by atoms with Gasteiger partial charge < -0.3 is 10.6 Å². The van der Waals surface area contributed by atoms with Crippen LogP contribution >= 0.6 is 23.2 Å². The summed E-state index contributed by atoms with van der Waals surface area (Å²) in [5, 5.41) is 2.17. The Morgan fingerprint density at radius 2 is 1.64 bits per heavy atom. The predicted molar refractivity (Wildman–Crippen MR) is 95.9 cm³/mol. The van der Waals surface area contributed by atoms with Gasteiger partial charge in [-0.05, 0) is 42.0 Å². The number of rotatable bonds is 2. The van der Waals surface area contributed by atoms with Crippen molar-refractivity contribution in [1.82, 2.24) is 4.98 Å². The van der Waals surface area contributed by atoms with E-state index < -0.39 is 0 Å². The normalized spacial score (nSPS) is 10.9. The van der Waals surface area contributed by atoms with E-state index >= 15 is 0 Å². The molecule has 3 nitrogen and oxygen atoms in total. The third kappa shape index (κ3) is 2.82. The second kappa shape index (κ2) is 5.67. The lowest BCUT2D eigenvalue weighted by Gasteiger charge is -2.14. The standard InChI is InChI=1S/C17H15Cl2N3/c1-22(2)14-4-3-10-7-15(17(20)21-16(10)9-14)11-5-12(18)8-13(19)6-11/h3-9H,1-2H3,(H2,20,21). The number of nitrogen functional groups attached to an aromatic ring is 1. The highest BCUT2D eigenvalue weighted by Gasteiger charge is 2.09. The average Bonchev–Trinajstić information content (AvgIpc) is 2.44. The summed E-state index contributed by atoms with van der Waals surface area (Å²) < 4.78 is 0. The van der Waals surface area contributed by atoms with Crippen LogP contribution in [0.5, 0.6) is 0 Å². The number of halogens is 2. The zero-order valence-corrected chi connectivity index (χ0v) is 13.8. The Balaban J connectivity index is 2.19. The van der Waals surface area contributed by atoms with Crippen molar-refractivity contribution >= 4 is 45.6 Å². The minimum Gasteiger partial charge on any atom is -0.383 e. The lowest BCUT2D eigenvalue weighted by atomic mass is 10.0. The number of fused-ring (bicyclic) bond motifs is 1. The van der Waals surface area contributed by atoms with Crippen molar-refractivity contribution in [2.45, 2.75) is 0 Å². The van der Waals surface area contributed by atoms with Crippen molar-refractivity contribution in [3.63, 3.8) is 0 Å². The third-order valence-electron chi connectivity index (χ3n) is 3.52. The summed E-state index contributed by atoms with van der Waals surface area (Å²) in [4.78, 5) is 6.55. The number of hydrogen-bond donors (Lipinski definition) is 1. The molecule has 0 aliphatic carbocycles. The maximum absolute atomic E-state index is 6.13. The largest absolute Gasteiger partial charge is 0.383 e. The van der Waals surface area contributed by atoms with Gasteiger partial charge in [-0.25, -0.2) is 4.98 Å². The molecule has 0 fully saturated rings. The molecule has 2 N–H and O–H groups in total. The summed E-state index contributed by atoms with van der Waals surface area (Å²) >= 11 is 12.2. The van der Waals surface area contributed by atoms with E-state index in [1.165, 1.54) is 0 Å². The monoisotopic (exact) mass is 331 g/mol. The van der Waals surface area contributed by atoms with E-state index in [-0.39, 0.29) is 0 Å². The van der Waals surface area contributed by atoms with Gasteiger partial charge in [-0.3, -0.25) is 0 Å². The molecule has 0 amide bonds. The molecule has 3 aromatic rings. The molecular weight excluding hydrogens is 317 g/mol. The van der Waals surface area contributed by atoms with Crippen molar-refractivity contribution in [2.24, 2.45) is 0 Å². The van der Waals surface area contributed by atoms with E-state index in [2.05, 4.69) is 11.1 Å². The molecule has 0 unspecified atom stereocenters. The lowest BCUT2D eigenvalue weighted by Crippen LogP contribution is -2.08. The fraction of sp³-hybridized carbons (Fsp3) is 0.118. The SMILES string of the molecule is CN(C)c1ccc2cc(-c3cc(Cl)cc(Cl)c3)c(N)nc2c1. The summed E-state index contributed by atoms with van der Waals surface area (Å²) in [6.07, 6.45) is 0. The van der Waals surface area contributed by atoms with Crippen LogP contribution in [-0.2, 0) is 0 Å². The lowest BCUT2D eigenvalue weighted by molar-refractivity contribution is 1.13. The van der Waals surface area contributed by atoms with E-state index in [1.54, 1.807) is 6.07 Å². The Morgan fingerprint density at radius 3 is 2.27 bits per heavy atom. The molecule has 0 saturated carbocycles. The molecule has 112 valence electrons. The molecule has 2 aromatic carbocycles. The molecule has 0 aliphatic rings. The van der Waals surface area contributed by atoms with Gasteiger partial charge >= 0.3 is 0 Å².